The van der Waals surface area contributed by atoms with E-state index in [-0.39, 0.29) is 11.3 Å². The van der Waals surface area contributed by atoms with Crippen molar-refractivity contribution in [3.8, 4) is 0 Å². The zero-order valence-electron chi connectivity index (χ0n) is 15.5. The van der Waals surface area contributed by atoms with Crippen molar-refractivity contribution in [1.82, 2.24) is 10.2 Å². The molecule has 0 fully saturated rings. The zero-order chi connectivity index (χ0) is 21.5. The van der Waals surface area contributed by atoms with Gasteiger partial charge in [-0.3, -0.25) is 9.59 Å². The molecule has 0 aliphatic carbocycles. The molecule has 11 heteroatoms. The maximum atomic E-state index is 12.6. The summed E-state index contributed by atoms with van der Waals surface area (Å²) >= 11 is 0. The van der Waals surface area contributed by atoms with Crippen LogP contribution in [0.3, 0.4) is 0 Å². The number of halogens is 3. The number of carbonyl (C=O) groups excluding carboxylic acids is 2. The summed E-state index contributed by atoms with van der Waals surface area (Å²) in [7, 11) is -2.21. The predicted octanol–water partition coefficient (Wildman–Crippen LogP) is 0.851. The van der Waals surface area contributed by atoms with Crippen LogP contribution in [0.25, 0.3) is 0 Å². The molecule has 0 radical (unpaired) electrons. The number of benzene rings is 1. The number of rotatable bonds is 9. The maximum Gasteiger partial charge on any atom is 0.635 e. The molecule has 0 spiro atoms. The Morgan fingerprint density at radius 2 is 1.96 bits per heavy atom. The summed E-state index contributed by atoms with van der Waals surface area (Å²) in [6, 6.07) is 5.37. The number of alkyl halides is 3. The summed E-state index contributed by atoms with van der Waals surface area (Å²) in [5, 5.41) is 20.3. The van der Waals surface area contributed by atoms with Crippen LogP contribution >= 0.6 is 0 Å². The van der Waals surface area contributed by atoms with Gasteiger partial charge in [0.05, 0.1) is 0 Å². The Kier molecular flexibility index (Phi) is 8.67. The minimum absolute atomic E-state index is 0.0269. The van der Waals surface area contributed by atoms with Crippen molar-refractivity contribution in [1.29, 1.82) is 0 Å². The van der Waals surface area contributed by atoms with Crippen LogP contribution in [0.1, 0.15) is 16.7 Å². The molecule has 0 heterocycles. The molecule has 0 unspecified atom stereocenters. The summed E-state index contributed by atoms with van der Waals surface area (Å²) < 4.78 is 42.6. The van der Waals surface area contributed by atoms with E-state index in [4.69, 9.17) is 14.7 Å². The second-order valence-electron chi connectivity index (χ2n) is 6.15. The van der Waals surface area contributed by atoms with Gasteiger partial charge in [0.15, 0.2) is 0 Å². The number of hydrogen-bond donors (Lipinski definition) is 3. The summed E-state index contributed by atoms with van der Waals surface area (Å²) in [4.78, 5) is 23.9. The van der Waals surface area contributed by atoms with Gasteiger partial charge in [-0.1, -0.05) is 24.8 Å². The van der Waals surface area contributed by atoms with Gasteiger partial charge < -0.3 is 24.9 Å². The average Bonchev–Trinajstić information content (AvgIpc) is 2.54. The number of hydrogen-bond acceptors (Lipinski definition) is 5. The van der Waals surface area contributed by atoms with Gasteiger partial charge >= 0.3 is 13.5 Å². The molecule has 0 saturated heterocycles. The smallest absolute Gasteiger partial charge is 0.402 e. The first kappa shape index (κ1) is 23.7. The van der Waals surface area contributed by atoms with E-state index in [0.717, 1.165) is 11.1 Å². The molecular formula is C17H22BF3N2O5. The van der Waals surface area contributed by atoms with Gasteiger partial charge in [-0.15, -0.1) is 0 Å². The quantitative estimate of drug-likeness (QED) is 0.323. The molecule has 0 bridgehead atoms. The van der Waals surface area contributed by atoms with E-state index in [1.807, 2.05) is 19.9 Å². The molecule has 0 saturated carbocycles. The van der Waals surface area contributed by atoms with Gasteiger partial charge in [0.25, 0.3) is 0 Å². The summed E-state index contributed by atoms with van der Waals surface area (Å²) in [6.45, 7) is 4.34. The third-order valence-corrected chi connectivity index (χ3v) is 3.79. The first-order valence-electron chi connectivity index (χ1n) is 8.26. The molecule has 0 aromatic heterocycles. The molecule has 0 aliphatic rings. The van der Waals surface area contributed by atoms with Crippen LogP contribution < -0.4 is 5.32 Å². The summed E-state index contributed by atoms with van der Waals surface area (Å²) in [5.74, 6) is -2.03. The minimum atomic E-state index is -4.70. The van der Waals surface area contributed by atoms with Crippen molar-refractivity contribution < 1.29 is 37.5 Å². The molecule has 1 atom stereocenters. The van der Waals surface area contributed by atoms with Crippen molar-refractivity contribution in [3.63, 3.8) is 0 Å². The molecule has 3 N–H and O–H groups in total. The van der Waals surface area contributed by atoms with Crippen LogP contribution in [-0.4, -0.2) is 59.6 Å². The lowest BCUT2D eigenvalue weighted by Gasteiger charge is -2.24. The van der Waals surface area contributed by atoms with Crippen molar-refractivity contribution in [2.75, 3.05) is 13.1 Å². The van der Waals surface area contributed by atoms with E-state index in [0.29, 0.717) is 11.6 Å². The zero-order valence-corrected chi connectivity index (χ0v) is 15.5. The second-order valence-corrected chi connectivity index (χ2v) is 6.15. The van der Waals surface area contributed by atoms with Crippen LogP contribution in [0.15, 0.2) is 30.9 Å². The lowest BCUT2D eigenvalue weighted by Crippen LogP contribution is -2.49. The molecule has 7 nitrogen and oxygen atoms in total. The normalized spacial score (nSPS) is 12.2. The molecule has 1 aromatic rings. The van der Waals surface area contributed by atoms with Gasteiger partial charge in [-0.05, 0) is 36.6 Å². The highest BCUT2D eigenvalue weighted by Gasteiger charge is 2.33. The van der Waals surface area contributed by atoms with E-state index >= 15 is 0 Å². The highest BCUT2D eigenvalue weighted by molar-refractivity contribution is 6.32. The van der Waals surface area contributed by atoms with Crippen molar-refractivity contribution in [3.05, 3.63) is 47.5 Å². The van der Waals surface area contributed by atoms with E-state index in [1.54, 1.807) is 12.1 Å². The predicted molar refractivity (Wildman–Crippen MR) is 95.7 cm³/mol. The lowest BCUT2D eigenvalue weighted by molar-refractivity contribution is -0.160. The maximum absolute atomic E-state index is 12.6. The minimum Gasteiger partial charge on any atom is -0.402 e. The molecule has 1 rings (SSSR count). The first-order valence-corrected chi connectivity index (χ1v) is 8.26. The Balaban J connectivity index is 2.85. The molecule has 0 aliphatic heterocycles. The van der Waals surface area contributed by atoms with Gasteiger partial charge in [0, 0.05) is 6.42 Å². The SMILES string of the molecule is C=CC(=O)N(CC(=O)N[C@@H](Cc1ccc(C)c(C)c1)OB(O)O)CC(F)(F)F. The Hall–Kier alpha value is -2.37. The fraction of sp³-hybridized carbons (Fsp3) is 0.412. The number of nitrogens with zero attached hydrogens (tertiary/aromatic N) is 1. The number of aryl methyl sites for hydroxylation is 2. The highest BCUT2D eigenvalue weighted by Crippen LogP contribution is 2.17. The van der Waals surface area contributed by atoms with E-state index in [9.17, 15) is 22.8 Å². The standard InChI is InChI=1S/C17H22BF3N2O5/c1-4-16(25)23(10-17(19,20)21)9-14(24)22-15(28-18(26)27)8-13-6-5-11(2)12(3)7-13/h4-7,15,26-27H,1,8-10H2,2-3H3,(H,22,24)/t15-/m1/s1. The second kappa shape index (κ2) is 10.3. The number of amides is 2. The van der Waals surface area contributed by atoms with Crippen LogP contribution in [0.5, 0.6) is 0 Å². The monoisotopic (exact) mass is 402 g/mol. The van der Waals surface area contributed by atoms with Crippen LogP contribution in [-0.2, 0) is 20.7 Å². The van der Waals surface area contributed by atoms with Gasteiger partial charge in [0.2, 0.25) is 11.8 Å². The largest absolute Gasteiger partial charge is 0.635 e. The number of carbonyl (C=O) groups is 2. The fourth-order valence-electron chi connectivity index (χ4n) is 2.38. The van der Waals surface area contributed by atoms with Crippen molar-refractivity contribution in [2.45, 2.75) is 32.7 Å². The van der Waals surface area contributed by atoms with Gasteiger partial charge in [-0.25, -0.2) is 0 Å². The molecule has 28 heavy (non-hydrogen) atoms. The molecule has 2 amide bonds. The molecular weight excluding hydrogens is 380 g/mol. The Morgan fingerprint density at radius 1 is 1.32 bits per heavy atom. The molecule has 1 aromatic carbocycles. The van der Waals surface area contributed by atoms with Crippen LogP contribution in [0.4, 0.5) is 13.2 Å². The topological polar surface area (TPSA) is 99.1 Å². The van der Waals surface area contributed by atoms with Gasteiger partial charge in [-0.2, -0.15) is 13.2 Å². The van der Waals surface area contributed by atoms with Crippen molar-refractivity contribution >= 4 is 19.1 Å². The average molecular weight is 402 g/mol. The highest BCUT2D eigenvalue weighted by atomic mass is 19.4. The Bertz CT molecular complexity index is 713. The summed E-state index contributed by atoms with van der Waals surface area (Å²) in [5.41, 5.74) is 2.68. The summed E-state index contributed by atoms with van der Waals surface area (Å²) in [6.07, 6.45) is -5.24. The van der Waals surface area contributed by atoms with Crippen molar-refractivity contribution in [2.24, 2.45) is 0 Å². The van der Waals surface area contributed by atoms with Gasteiger partial charge in [0.1, 0.15) is 19.3 Å². The Labute approximate surface area is 161 Å². The van der Waals surface area contributed by atoms with Crippen LogP contribution in [0, 0.1) is 13.8 Å². The fourth-order valence-corrected chi connectivity index (χ4v) is 2.38. The Morgan fingerprint density at radius 3 is 2.46 bits per heavy atom. The van der Waals surface area contributed by atoms with E-state index < -0.39 is 44.6 Å². The van der Waals surface area contributed by atoms with Crippen LogP contribution in [0.2, 0.25) is 0 Å². The van der Waals surface area contributed by atoms with E-state index in [2.05, 4.69) is 11.9 Å². The molecule has 154 valence electrons. The lowest BCUT2D eigenvalue weighted by atomic mass is 10.0. The first-order chi connectivity index (χ1) is 12.9. The third-order valence-electron chi connectivity index (χ3n) is 3.79. The third kappa shape index (κ3) is 8.55. The van der Waals surface area contributed by atoms with E-state index in [1.165, 1.54) is 0 Å². The number of nitrogens with one attached hydrogen (secondary N) is 1.